The molecule has 1 heterocycles. The zero-order valence-electron chi connectivity index (χ0n) is 15.6. The Morgan fingerprint density at radius 3 is 2.24 bits per heavy atom. The van der Waals surface area contributed by atoms with Gasteiger partial charge in [0.15, 0.2) is 0 Å². The monoisotopic (exact) mass is 347 g/mol. The normalized spacial score (nSPS) is 16.6. The van der Waals surface area contributed by atoms with Crippen molar-refractivity contribution in [2.75, 3.05) is 40.3 Å². The molecule has 1 saturated heterocycles. The minimum Gasteiger partial charge on any atom is -0.497 e. The second kappa shape index (κ2) is 8.85. The third kappa shape index (κ3) is 5.46. The molecule has 0 radical (unpaired) electrons. The van der Waals surface area contributed by atoms with Crippen LogP contribution in [0.5, 0.6) is 5.75 Å². The third-order valence-electron chi connectivity index (χ3n) is 4.48. The van der Waals surface area contributed by atoms with Crippen molar-refractivity contribution >= 4 is 11.8 Å². The molecular formula is C19H29N3O3. The van der Waals surface area contributed by atoms with E-state index in [-0.39, 0.29) is 11.8 Å². The molecule has 138 valence electrons. The molecule has 25 heavy (non-hydrogen) atoms. The molecule has 6 nitrogen and oxygen atoms in total. The van der Waals surface area contributed by atoms with Crippen molar-refractivity contribution in [1.82, 2.24) is 15.1 Å². The molecule has 0 unspecified atom stereocenters. The zero-order valence-corrected chi connectivity index (χ0v) is 15.6. The molecule has 1 aliphatic rings. The van der Waals surface area contributed by atoms with Gasteiger partial charge in [0, 0.05) is 31.7 Å². The number of piperazine rings is 1. The molecule has 2 amide bonds. The number of benzene rings is 1. The predicted octanol–water partition coefficient (Wildman–Crippen LogP) is 1.61. The van der Waals surface area contributed by atoms with E-state index in [1.165, 1.54) is 0 Å². The van der Waals surface area contributed by atoms with E-state index in [1.54, 1.807) is 31.4 Å². The molecule has 0 aliphatic carbocycles. The highest BCUT2D eigenvalue weighted by Gasteiger charge is 2.28. The Labute approximate surface area is 150 Å². The summed E-state index contributed by atoms with van der Waals surface area (Å²) in [5.74, 6) is 0.806. The van der Waals surface area contributed by atoms with Gasteiger partial charge in [-0.1, -0.05) is 13.8 Å². The summed E-state index contributed by atoms with van der Waals surface area (Å²) in [5.41, 5.74) is 0.528. The second-order valence-electron chi connectivity index (χ2n) is 7.01. The van der Waals surface area contributed by atoms with E-state index in [9.17, 15) is 9.59 Å². The van der Waals surface area contributed by atoms with Gasteiger partial charge in [0.2, 0.25) is 5.91 Å². The van der Waals surface area contributed by atoms with Gasteiger partial charge in [0.05, 0.1) is 7.11 Å². The molecule has 1 aromatic carbocycles. The molecule has 1 aromatic rings. The highest BCUT2D eigenvalue weighted by molar-refractivity contribution is 5.97. The number of methoxy groups -OCH3 is 1. The number of hydrogen-bond acceptors (Lipinski definition) is 4. The lowest BCUT2D eigenvalue weighted by Crippen LogP contribution is -2.54. The first-order valence-electron chi connectivity index (χ1n) is 8.83. The van der Waals surface area contributed by atoms with Crippen LogP contribution in [-0.2, 0) is 4.79 Å². The lowest BCUT2D eigenvalue weighted by Gasteiger charge is -2.35. The maximum atomic E-state index is 12.9. The van der Waals surface area contributed by atoms with Gasteiger partial charge < -0.3 is 19.9 Å². The smallest absolute Gasteiger partial charge is 0.251 e. The number of hydrogen-bond donors (Lipinski definition) is 1. The lowest BCUT2D eigenvalue weighted by molar-refractivity contribution is -0.135. The topological polar surface area (TPSA) is 61.9 Å². The number of carbonyl (C=O) groups is 2. The first-order valence-corrected chi connectivity index (χ1v) is 8.83. The molecule has 1 fully saturated rings. The van der Waals surface area contributed by atoms with Crippen LogP contribution in [0.15, 0.2) is 24.3 Å². The van der Waals surface area contributed by atoms with Crippen LogP contribution < -0.4 is 10.1 Å². The molecule has 2 rings (SSSR count). The van der Waals surface area contributed by atoms with Gasteiger partial charge in [-0.05, 0) is 43.7 Å². The molecule has 1 aliphatic heterocycles. The largest absolute Gasteiger partial charge is 0.497 e. The number of ether oxygens (including phenoxy) is 1. The van der Waals surface area contributed by atoms with E-state index in [1.807, 2.05) is 4.90 Å². The van der Waals surface area contributed by atoms with Crippen LogP contribution in [0.3, 0.4) is 0 Å². The van der Waals surface area contributed by atoms with Crippen LogP contribution in [0.4, 0.5) is 0 Å². The number of nitrogens with zero attached hydrogens (tertiary/aromatic N) is 2. The minimum atomic E-state index is -0.488. The quantitative estimate of drug-likeness (QED) is 0.849. The summed E-state index contributed by atoms with van der Waals surface area (Å²) in [6.07, 6.45) is 0.632. The van der Waals surface area contributed by atoms with Gasteiger partial charge in [0.25, 0.3) is 5.91 Å². The first-order chi connectivity index (χ1) is 11.9. The summed E-state index contributed by atoms with van der Waals surface area (Å²) in [7, 11) is 3.64. The van der Waals surface area contributed by atoms with E-state index in [4.69, 9.17) is 4.74 Å². The maximum Gasteiger partial charge on any atom is 0.251 e. The lowest BCUT2D eigenvalue weighted by atomic mass is 10.0. The minimum absolute atomic E-state index is 0.0173. The SMILES string of the molecule is COc1ccc(C(=O)N[C@@H](CC(C)C)C(=O)N2CCN(C)CC2)cc1. The standard InChI is InChI=1S/C19H29N3O3/c1-14(2)13-17(19(24)22-11-9-21(3)10-12-22)20-18(23)15-5-7-16(25-4)8-6-15/h5-8,14,17H,9-13H2,1-4H3,(H,20,23)/t17-/m0/s1. The molecule has 0 bridgehead atoms. The van der Waals surface area contributed by atoms with Gasteiger partial charge >= 0.3 is 0 Å². The van der Waals surface area contributed by atoms with E-state index in [0.29, 0.717) is 36.7 Å². The van der Waals surface area contributed by atoms with Crippen molar-refractivity contribution in [2.24, 2.45) is 5.92 Å². The molecule has 1 N–H and O–H groups in total. The van der Waals surface area contributed by atoms with E-state index >= 15 is 0 Å². The Hall–Kier alpha value is -2.08. The summed E-state index contributed by atoms with van der Waals surface area (Å²) in [6.45, 7) is 7.28. The van der Waals surface area contributed by atoms with Gasteiger partial charge in [-0.3, -0.25) is 9.59 Å². The fourth-order valence-electron chi connectivity index (χ4n) is 2.92. The van der Waals surface area contributed by atoms with Gasteiger partial charge in [-0.2, -0.15) is 0 Å². The van der Waals surface area contributed by atoms with Crippen LogP contribution >= 0.6 is 0 Å². The molecule has 6 heteroatoms. The summed E-state index contributed by atoms with van der Waals surface area (Å²) in [4.78, 5) is 29.5. The predicted molar refractivity (Wildman–Crippen MR) is 97.8 cm³/mol. The average Bonchev–Trinajstić information content (AvgIpc) is 2.61. The Balaban J connectivity index is 2.05. The maximum absolute atomic E-state index is 12.9. The Bertz CT molecular complexity index is 578. The summed E-state index contributed by atoms with van der Waals surface area (Å²) >= 11 is 0. The Morgan fingerprint density at radius 1 is 1.12 bits per heavy atom. The van der Waals surface area contributed by atoms with E-state index in [2.05, 4.69) is 31.1 Å². The van der Waals surface area contributed by atoms with Gasteiger partial charge in [-0.25, -0.2) is 0 Å². The van der Waals surface area contributed by atoms with Gasteiger partial charge in [-0.15, -0.1) is 0 Å². The fourth-order valence-corrected chi connectivity index (χ4v) is 2.92. The summed E-state index contributed by atoms with van der Waals surface area (Å²) in [5, 5.41) is 2.93. The second-order valence-corrected chi connectivity index (χ2v) is 7.01. The number of nitrogens with one attached hydrogen (secondary N) is 1. The van der Waals surface area contributed by atoms with E-state index < -0.39 is 6.04 Å². The Morgan fingerprint density at radius 2 is 1.72 bits per heavy atom. The zero-order chi connectivity index (χ0) is 18.4. The van der Waals surface area contributed by atoms with Crippen LogP contribution in [-0.4, -0.2) is 68.0 Å². The molecule has 0 saturated carbocycles. The van der Waals surface area contributed by atoms with Crippen molar-refractivity contribution in [3.8, 4) is 5.75 Å². The highest BCUT2D eigenvalue weighted by atomic mass is 16.5. The first kappa shape index (κ1) is 19.2. The fraction of sp³-hybridized carbons (Fsp3) is 0.579. The highest BCUT2D eigenvalue weighted by Crippen LogP contribution is 2.14. The van der Waals surface area contributed by atoms with Gasteiger partial charge in [0.1, 0.15) is 11.8 Å². The van der Waals surface area contributed by atoms with Crippen LogP contribution in [0.2, 0.25) is 0 Å². The molecule has 0 aromatic heterocycles. The molecular weight excluding hydrogens is 318 g/mol. The summed E-state index contributed by atoms with van der Waals surface area (Å²) in [6, 6.07) is 6.42. The number of likely N-dealkylation sites (N-methyl/N-ethyl adjacent to an activating group) is 1. The van der Waals surface area contributed by atoms with Crippen LogP contribution in [0.25, 0.3) is 0 Å². The number of amides is 2. The van der Waals surface area contributed by atoms with Crippen molar-refractivity contribution < 1.29 is 14.3 Å². The molecule has 0 spiro atoms. The van der Waals surface area contributed by atoms with Crippen molar-refractivity contribution in [3.63, 3.8) is 0 Å². The third-order valence-corrected chi connectivity index (χ3v) is 4.48. The van der Waals surface area contributed by atoms with Crippen molar-refractivity contribution in [2.45, 2.75) is 26.3 Å². The number of rotatable bonds is 6. The Kier molecular flexibility index (Phi) is 6.82. The number of carbonyl (C=O) groups excluding carboxylic acids is 2. The van der Waals surface area contributed by atoms with Crippen LogP contribution in [0.1, 0.15) is 30.6 Å². The summed E-state index contributed by atoms with van der Waals surface area (Å²) < 4.78 is 5.11. The van der Waals surface area contributed by atoms with Crippen molar-refractivity contribution in [3.05, 3.63) is 29.8 Å². The average molecular weight is 347 g/mol. The van der Waals surface area contributed by atoms with Crippen LogP contribution in [0, 0.1) is 5.92 Å². The van der Waals surface area contributed by atoms with E-state index in [0.717, 1.165) is 13.1 Å². The molecule has 1 atom stereocenters. The van der Waals surface area contributed by atoms with Crippen molar-refractivity contribution in [1.29, 1.82) is 0 Å².